The largest absolute Gasteiger partial charge is 0.874 e. The number of carboxylic acid groups (broad SMARTS) is 1. The first-order valence-corrected chi connectivity index (χ1v) is 5.76. The predicted octanol–water partition coefficient (Wildman–Crippen LogP) is 1.79. The van der Waals surface area contributed by atoms with Crippen LogP contribution >= 0.6 is 0 Å². The van der Waals surface area contributed by atoms with Crippen molar-refractivity contribution in [2.45, 2.75) is 19.3 Å². The van der Waals surface area contributed by atoms with E-state index in [1.807, 2.05) is 0 Å². The maximum Gasteiger partial charge on any atom is 0.335 e. The van der Waals surface area contributed by atoms with Crippen molar-refractivity contribution in [3.05, 3.63) is 41.3 Å². The molecule has 0 aromatic heterocycles. The van der Waals surface area contributed by atoms with E-state index in [9.17, 15) is 14.7 Å². The first-order valence-electron chi connectivity index (χ1n) is 5.76. The summed E-state index contributed by atoms with van der Waals surface area (Å²) in [6, 6.07) is 5.69. The number of benzene rings is 1. The van der Waals surface area contributed by atoms with Gasteiger partial charge in [-0.1, -0.05) is 0 Å². The first kappa shape index (κ1) is 12.9. The van der Waals surface area contributed by atoms with Crippen LogP contribution in [0.1, 0.15) is 29.6 Å². The van der Waals surface area contributed by atoms with E-state index in [0.717, 1.165) is 0 Å². The van der Waals surface area contributed by atoms with Crippen LogP contribution in [-0.2, 0) is 4.79 Å². The summed E-state index contributed by atoms with van der Waals surface area (Å²) in [5.41, 5.74) is 0.411. The van der Waals surface area contributed by atoms with Crippen molar-refractivity contribution in [2.75, 3.05) is 0 Å². The first-order chi connectivity index (χ1) is 9.08. The molecule has 0 saturated heterocycles. The molecule has 1 aromatic carbocycles. The molecule has 0 heterocycles. The van der Waals surface area contributed by atoms with E-state index in [4.69, 9.17) is 5.11 Å². The lowest BCUT2D eigenvalue weighted by molar-refractivity contribution is -0.309. The van der Waals surface area contributed by atoms with Crippen molar-refractivity contribution in [2.24, 2.45) is 10.2 Å². The summed E-state index contributed by atoms with van der Waals surface area (Å²) in [6.45, 7) is 0. The topological polar surface area (TPSA) is 102 Å². The second-order valence-electron chi connectivity index (χ2n) is 4.10. The normalized spacial score (nSPS) is 16.1. The molecule has 0 radical (unpaired) electrons. The van der Waals surface area contributed by atoms with Gasteiger partial charge in [-0.05, 0) is 37.1 Å². The molecule has 1 aliphatic carbocycles. The smallest absolute Gasteiger partial charge is 0.335 e. The van der Waals surface area contributed by atoms with E-state index in [-0.39, 0.29) is 22.8 Å². The quantitative estimate of drug-likeness (QED) is 0.836. The zero-order chi connectivity index (χ0) is 13.8. The average molecular weight is 259 g/mol. The molecule has 0 atom stereocenters. The molecule has 2 rings (SSSR count). The molecule has 1 aromatic rings. The molecule has 0 spiro atoms. The zero-order valence-electron chi connectivity index (χ0n) is 10.00. The van der Waals surface area contributed by atoms with Crippen molar-refractivity contribution >= 4 is 17.4 Å². The summed E-state index contributed by atoms with van der Waals surface area (Å²) in [4.78, 5) is 22.1. The molecule has 0 aliphatic heterocycles. The van der Waals surface area contributed by atoms with E-state index in [2.05, 4.69) is 10.2 Å². The van der Waals surface area contributed by atoms with Crippen LogP contribution in [0.4, 0.5) is 5.69 Å². The third-order valence-corrected chi connectivity index (χ3v) is 2.72. The Kier molecular flexibility index (Phi) is 3.70. The number of ketones is 1. The minimum absolute atomic E-state index is 0.117. The van der Waals surface area contributed by atoms with Crippen LogP contribution in [0.25, 0.3) is 0 Å². The molecule has 6 heteroatoms. The van der Waals surface area contributed by atoms with Gasteiger partial charge >= 0.3 is 5.97 Å². The zero-order valence-corrected chi connectivity index (χ0v) is 10.00. The third-order valence-electron chi connectivity index (χ3n) is 2.72. The predicted molar refractivity (Wildman–Crippen MR) is 63.8 cm³/mol. The van der Waals surface area contributed by atoms with Gasteiger partial charge in [0.25, 0.3) is 0 Å². The van der Waals surface area contributed by atoms with Gasteiger partial charge in [0, 0.05) is 6.42 Å². The third kappa shape index (κ3) is 3.04. The highest BCUT2D eigenvalue weighted by Crippen LogP contribution is 2.21. The van der Waals surface area contributed by atoms with Crippen LogP contribution in [0.2, 0.25) is 0 Å². The summed E-state index contributed by atoms with van der Waals surface area (Å²) in [6.07, 6.45) is 1.19. The molecule has 0 saturated carbocycles. The number of carboxylic acids is 1. The average Bonchev–Trinajstić information content (AvgIpc) is 2.38. The summed E-state index contributed by atoms with van der Waals surface area (Å²) < 4.78 is 0. The minimum Gasteiger partial charge on any atom is -0.874 e. The summed E-state index contributed by atoms with van der Waals surface area (Å²) in [5, 5.41) is 27.7. The molecule has 0 fully saturated rings. The molecule has 1 N–H and O–H groups in total. The second-order valence-corrected chi connectivity index (χ2v) is 4.10. The molecule has 1 aliphatic rings. The van der Waals surface area contributed by atoms with Crippen LogP contribution in [0.3, 0.4) is 0 Å². The number of carbonyl (C=O) groups excluding carboxylic acids is 1. The van der Waals surface area contributed by atoms with Gasteiger partial charge in [-0.15, -0.1) is 10.9 Å². The molecule has 0 amide bonds. The lowest BCUT2D eigenvalue weighted by Crippen LogP contribution is -2.17. The number of hydrogen-bond acceptors (Lipinski definition) is 5. The molecular weight excluding hydrogens is 248 g/mol. The van der Waals surface area contributed by atoms with Crippen molar-refractivity contribution in [3.63, 3.8) is 0 Å². The summed E-state index contributed by atoms with van der Waals surface area (Å²) in [7, 11) is 0. The van der Waals surface area contributed by atoms with Crippen LogP contribution in [0.15, 0.2) is 46.0 Å². The number of nitrogens with zero attached hydrogens (tertiary/aromatic N) is 2. The van der Waals surface area contributed by atoms with E-state index >= 15 is 0 Å². The highest BCUT2D eigenvalue weighted by molar-refractivity contribution is 5.96. The maximum absolute atomic E-state index is 11.5. The van der Waals surface area contributed by atoms with Crippen molar-refractivity contribution in [1.82, 2.24) is 0 Å². The molecule has 0 unspecified atom stereocenters. The standard InChI is InChI=1S/C13H12N2O4/c16-10-2-1-3-11(17)12(10)15-14-9-6-4-8(5-7-9)13(18)19/h4-7,16H,1-3H2,(H,18,19)/p-1. The van der Waals surface area contributed by atoms with Gasteiger partial charge in [0.2, 0.25) is 0 Å². The number of rotatable bonds is 3. The Morgan fingerprint density at radius 2 is 1.84 bits per heavy atom. The highest BCUT2D eigenvalue weighted by Gasteiger charge is 2.14. The van der Waals surface area contributed by atoms with Crippen molar-refractivity contribution < 1.29 is 19.8 Å². The SMILES string of the molecule is O=C1CCCC([O-])=C1N=Nc1ccc(C(=O)O)cc1. The Balaban J connectivity index is 2.18. The van der Waals surface area contributed by atoms with E-state index < -0.39 is 5.97 Å². The van der Waals surface area contributed by atoms with Crippen LogP contribution in [-0.4, -0.2) is 16.9 Å². The fraction of sp³-hybridized carbons (Fsp3) is 0.231. The van der Waals surface area contributed by atoms with Crippen molar-refractivity contribution in [1.29, 1.82) is 0 Å². The highest BCUT2D eigenvalue weighted by atomic mass is 16.4. The Morgan fingerprint density at radius 3 is 2.42 bits per heavy atom. The second kappa shape index (κ2) is 5.43. The number of azo groups is 1. The molecular formula is C13H11N2O4-. The molecule has 0 bridgehead atoms. The number of aromatic carboxylic acids is 1. The molecule has 6 nitrogen and oxygen atoms in total. The number of Topliss-reactive ketones (excluding diaryl/α,β-unsaturated/α-hetero) is 1. The monoisotopic (exact) mass is 259 g/mol. The van der Waals surface area contributed by atoms with E-state index in [1.54, 1.807) is 0 Å². The number of carbonyl (C=O) groups is 2. The van der Waals surface area contributed by atoms with E-state index in [1.165, 1.54) is 24.3 Å². The Bertz CT molecular complexity index is 573. The van der Waals surface area contributed by atoms with Crippen LogP contribution < -0.4 is 5.11 Å². The van der Waals surface area contributed by atoms with Gasteiger partial charge in [-0.25, -0.2) is 4.79 Å². The van der Waals surface area contributed by atoms with Gasteiger partial charge < -0.3 is 10.2 Å². The maximum atomic E-state index is 11.5. The number of allylic oxidation sites excluding steroid dienone is 2. The molecule has 98 valence electrons. The lowest BCUT2D eigenvalue weighted by Gasteiger charge is -2.19. The van der Waals surface area contributed by atoms with Crippen LogP contribution in [0.5, 0.6) is 0 Å². The van der Waals surface area contributed by atoms with Gasteiger partial charge in [0.1, 0.15) is 5.70 Å². The Hall–Kier alpha value is -2.50. The van der Waals surface area contributed by atoms with Gasteiger partial charge in [0.15, 0.2) is 5.78 Å². The fourth-order valence-electron chi connectivity index (χ4n) is 1.69. The fourth-order valence-corrected chi connectivity index (χ4v) is 1.69. The Labute approximate surface area is 109 Å². The van der Waals surface area contributed by atoms with Gasteiger partial charge in [0.05, 0.1) is 11.3 Å². The van der Waals surface area contributed by atoms with Crippen molar-refractivity contribution in [3.8, 4) is 0 Å². The molecule has 19 heavy (non-hydrogen) atoms. The van der Waals surface area contributed by atoms with Crippen LogP contribution in [0, 0.1) is 0 Å². The number of hydrogen-bond donors (Lipinski definition) is 1. The van der Waals surface area contributed by atoms with Gasteiger partial charge in [-0.2, -0.15) is 5.11 Å². The lowest BCUT2D eigenvalue weighted by atomic mass is 10.0. The van der Waals surface area contributed by atoms with Gasteiger partial charge in [-0.3, -0.25) is 4.79 Å². The summed E-state index contributed by atoms with van der Waals surface area (Å²) >= 11 is 0. The van der Waals surface area contributed by atoms with E-state index in [0.29, 0.717) is 24.9 Å². The minimum atomic E-state index is -1.03. The summed E-state index contributed by atoms with van der Waals surface area (Å²) in [5.74, 6) is -1.61. The Morgan fingerprint density at radius 1 is 1.16 bits per heavy atom.